The first-order valence-corrected chi connectivity index (χ1v) is 8.74. The van der Waals surface area contributed by atoms with Crippen molar-refractivity contribution in [2.24, 2.45) is 0 Å². The molecule has 2 aromatic carbocycles. The summed E-state index contributed by atoms with van der Waals surface area (Å²) in [5.41, 5.74) is 4.28. The highest BCUT2D eigenvalue weighted by molar-refractivity contribution is 5.70. The Balaban J connectivity index is 1.87. The standard InChI is InChI=1S/C20H23N5O/c1-13-12-21-17-11-16(26-4)9-10-18(17)25-19(13)22-23-20(25)14-5-7-15(8-6-14)24(2)3/h5-11,13,21H,12H2,1-4H3. The summed E-state index contributed by atoms with van der Waals surface area (Å²) in [6.45, 7) is 2.97. The highest BCUT2D eigenvalue weighted by atomic mass is 16.5. The Labute approximate surface area is 153 Å². The molecule has 6 heteroatoms. The van der Waals surface area contributed by atoms with Crippen LogP contribution in [0.5, 0.6) is 5.75 Å². The molecule has 0 radical (unpaired) electrons. The smallest absolute Gasteiger partial charge is 0.168 e. The number of rotatable bonds is 3. The number of nitrogens with one attached hydrogen (secondary N) is 1. The molecular formula is C20H23N5O. The molecule has 2 heterocycles. The first-order chi connectivity index (χ1) is 12.6. The van der Waals surface area contributed by atoms with Gasteiger partial charge in [0.2, 0.25) is 0 Å². The zero-order valence-corrected chi connectivity index (χ0v) is 15.5. The monoisotopic (exact) mass is 349 g/mol. The third kappa shape index (κ3) is 2.67. The van der Waals surface area contributed by atoms with Gasteiger partial charge in [-0.2, -0.15) is 0 Å². The second kappa shape index (κ2) is 6.37. The molecule has 26 heavy (non-hydrogen) atoms. The summed E-state index contributed by atoms with van der Waals surface area (Å²) >= 11 is 0. The minimum atomic E-state index is 0.246. The van der Waals surface area contributed by atoms with E-state index in [-0.39, 0.29) is 5.92 Å². The van der Waals surface area contributed by atoms with Gasteiger partial charge in [0.25, 0.3) is 0 Å². The van der Waals surface area contributed by atoms with E-state index in [0.717, 1.165) is 46.6 Å². The van der Waals surface area contributed by atoms with E-state index in [1.807, 2.05) is 26.2 Å². The van der Waals surface area contributed by atoms with Crippen LogP contribution in [0.1, 0.15) is 18.7 Å². The van der Waals surface area contributed by atoms with E-state index in [9.17, 15) is 0 Å². The molecular weight excluding hydrogens is 326 g/mol. The molecule has 0 saturated heterocycles. The van der Waals surface area contributed by atoms with Crippen LogP contribution >= 0.6 is 0 Å². The Hall–Kier alpha value is -3.02. The van der Waals surface area contributed by atoms with Crippen molar-refractivity contribution in [2.45, 2.75) is 12.8 Å². The normalized spacial score (nSPS) is 15.5. The second-order valence-corrected chi connectivity index (χ2v) is 6.82. The van der Waals surface area contributed by atoms with E-state index in [4.69, 9.17) is 4.74 Å². The van der Waals surface area contributed by atoms with Gasteiger partial charge in [0, 0.05) is 43.9 Å². The number of aromatic nitrogens is 3. The van der Waals surface area contributed by atoms with Gasteiger partial charge in [0.05, 0.1) is 18.5 Å². The van der Waals surface area contributed by atoms with Gasteiger partial charge < -0.3 is 15.0 Å². The van der Waals surface area contributed by atoms with Gasteiger partial charge in [-0.1, -0.05) is 6.92 Å². The zero-order chi connectivity index (χ0) is 18.3. The molecule has 134 valence electrons. The van der Waals surface area contributed by atoms with Crippen LogP contribution in [0.15, 0.2) is 42.5 Å². The third-order valence-electron chi connectivity index (χ3n) is 4.81. The molecule has 0 saturated carbocycles. The highest BCUT2D eigenvalue weighted by Crippen LogP contribution is 2.35. The number of benzene rings is 2. The van der Waals surface area contributed by atoms with E-state index >= 15 is 0 Å². The molecule has 3 aromatic rings. The maximum Gasteiger partial charge on any atom is 0.168 e. The maximum atomic E-state index is 5.38. The van der Waals surface area contributed by atoms with Crippen LogP contribution in [-0.4, -0.2) is 42.5 Å². The third-order valence-corrected chi connectivity index (χ3v) is 4.81. The molecule has 4 rings (SSSR count). The van der Waals surface area contributed by atoms with Crippen LogP contribution in [-0.2, 0) is 0 Å². The van der Waals surface area contributed by atoms with Gasteiger partial charge in [-0.25, -0.2) is 0 Å². The summed E-state index contributed by atoms with van der Waals surface area (Å²) in [6, 6.07) is 14.4. The molecule has 1 atom stereocenters. The van der Waals surface area contributed by atoms with Crippen molar-refractivity contribution in [3.8, 4) is 22.8 Å². The molecule has 6 nitrogen and oxygen atoms in total. The lowest BCUT2D eigenvalue weighted by atomic mass is 10.1. The Bertz CT molecular complexity index is 930. The predicted molar refractivity (Wildman–Crippen MR) is 105 cm³/mol. The molecule has 1 N–H and O–H groups in total. The van der Waals surface area contributed by atoms with Crippen LogP contribution in [0.2, 0.25) is 0 Å². The average molecular weight is 349 g/mol. The molecule has 1 aromatic heterocycles. The summed E-state index contributed by atoms with van der Waals surface area (Å²) in [5.74, 6) is 2.90. The van der Waals surface area contributed by atoms with Gasteiger partial charge in [-0.05, 0) is 36.4 Å². The number of fused-ring (bicyclic) bond motifs is 3. The summed E-state index contributed by atoms with van der Waals surface area (Å²) in [6.07, 6.45) is 0. The topological polar surface area (TPSA) is 55.2 Å². The van der Waals surface area contributed by atoms with Crippen molar-refractivity contribution < 1.29 is 4.74 Å². The number of nitrogens with zero attached hydrogens (tertiary/aromatic N) is 4. The average Bonchev–Trinajstić information content (AvgIpc) is 3.05. The highest BCUT2D eigenvalue weighted by Gasteiger charge is 2.25. The maximum absolute atomic E-state index is 5.38. The fourth-order valence-corrected chi connectivity index (χ4v) is 3.28. The zero-order valence-electron chi connectivity index (χ0n) is 15.5. The van der Waals surface area contributed by atoms with E-state index in [1.165, 1.54) is 0 Å². The molecule has 0 spiro atoms. The van der Waals surface area contributed by atoms with Crippen LogP contribution in [0, 0.1) is 0 Å². The van der Waals surface area contributed by atoms with Gasteiger partial charge in [0.15, 0.2) is 5.82 Å². The molecule has 1 aliphatic heterocycles. The fraction of sp³-hybridized carbons (Fsp3) is 0.300. The number of anilines is 2. The minimum absolute atomic E-state index is 0.246. The van der Waals surface area contributed by atoms with E-state index < -0.39 is 0 Å². The van der Waals surface area contributed by atoms with Crippen LogP contribution in [0.4, 0.5) is 11.4 Å². The van der Waals surface area contributed by atoms with Crippen LogP contribution < -0.4 is 15.0 Å². The molecule has 1 aliphatic rings. The number of methoxy groups -OCH3 is 1. The van der Waals surface area contributed by atoms with Crippen LogP contribution in [0.25, 0.3) is 17.1 Å². The first-order valence-electron chi connectivity index (χ1n) is 8.74. The second-order valence-electron chi connectivity index (χ2n) is 6.82. The van der Waals surface area contributed by atoms with Crippen molar-refractivity contribution in [2.75, 3.05) is 38.0 Å². The van der Waals surface area contributed by atoms with Crippen molar-refractivity contribution >= 4 is 11.4 Å². The molecule has 0 aliphatic carbocycles. The number of ether oxygens (including phenoxy) is 1. The Morgan fingerprint density at radius 2 is 1.88 bits per heavy atom. The molecule has 0 fully saturated rings. The number of hydrogen-bond acceptors (Lipinski definition) is 5. The fourth-order valence-electron chi connectivity index (χ4n) is 3.28. The SMILES string of the molecule is COc1ccc2c(c1)NCC(C)c1nnc(-c3ccc(N(C)C)cc3)n1-2. The van der Waals surface area contributed by atoms with Gasteiger partial charge in [-0.3, -0.25) is 4.57 Å². The molecule has 0 amide bonds. The summed E-state index contributed by atoms with van der Waals surface area (Å²) in [7, 11) is 5.76. The van der Waals surface area contributed by atoms with Crippen molar-refractivity contribution in [1.29, 1.82) is 0 Å². The summed E-state index contributed by atoms with van der Waals surface area (Å²) in [5, 5.41) is 12.5. The van der Waals surface area contributed by atoms with Crippen molar-refractivity contribution in [1.82, 2.24) is 14.8 Å². The van der Waals surface area contributed by atoms with Crippen LogP contribution in [0.3, 0.4) is 0 Å². The lowest BCUT2D eigenvalue weighted by molar-refractivity contribution is 0.415. The Kier molecular flexibility index (Phi) is 4.03. The minimum Gasteiger partial charge on any atom is -0.497 e. The van der Waals surface area contributed by atoms with Crippen molar-refractivity contribution in [3.05, 3.63) is 48.3 Å². The molecule has 0 bridgehead atoms. The van der Waals surface area contributed by atoms with Crippen molar-refractivity contribution in [3.63, 3.8) is 0 Å². The lowest BCUT2D eigenvalue weighted by Gasteiger charge is -2.15. The Morgan fingerprint density at radius 3 is 2.58 bits per heavy atom. The number of hydrogen-bond donors (Lipinski definition) is 1. The quantitative estimate of drug-likeness (QED) is 0.784. The van der Waals surface area contributed by atoms with Gasteiger partial charge in [-0.15, -0.1) is 10.2 Å². The largest absolute Gasteiger partial charge is 0.497 e. The van der Waals surface area contributed by atoms with E-state index in [0.29, 0.717) is 0 Å². The summed E-state index contributed by atoms with van der Waals surface area (Å²) < 4.78 is 7.54. The van der Waals surface area contributed by atoms with E-state index in [1.54, 1.807) is 7.11 Å². The first kappa shape index (κ1) is 16.4. The Morgan fingerprint density at radius 1 is 1.12 bits per heavy atom. The van der Waals surface area contributed by atoms with E-state index in [2.05, 4.69) is 62.2 Å². The lowest BCUT2D eigenvalue weighted by Crippen LogP contribution is -2.09. The predicted octanol–water partition coefficient (Wildman–Crippen LogP) is 3.54. The molecule has 1 unspecified atom stereocenters. The summed E-state index contributed by atoms with van der Waals surface area (Å²) in [4.78, 5) is 2.08. The van der Waals surface area contributed by atoms with Gasteiger partial charge >= 0.3 is 0 Å². The van der Waals surface area contributed by atoms with Gasteiger partial charge in [0.1, 0.15) is 11.6 Å².